The van der Waals surface area contributed by atoms with Gasteiger partial charge in [-0.3, -0.25) is 0 Å². The van der Waals surface area contributed by atoms with Gasteiger partial charge in [-0.15, -0.1) is 10.2 Å². The quantitative estimate of drug-likeness (QED) is 0.479. The van der Waals surface area contributed by atoms with E-state index in [-0.39, 0.29) is 5.75 Å². The van der Waals surface area contributed by atoms with E-state index in [1.54, 1.807) is 18.3 Å². The van der Waals surface area contributed by atoms with Crippen molar-refractivity contribution in [1.29, 1.82) is 0 Å². The van der Waals surface area contributed by atoms with Crippen molar-refractivity contribution in [2.75, 3.05) is 0 Å². The van der Waals surface area contributed by atoms with Crippen LogP contribution in [0.5, 0.6) is 5.75 Å². The minimum atomic E-state index is -4.94. The fourth-order valence-corrected chi connectivity index (χ4v) is 1.64. The van der Waals surface area contributed by atoms with Crippen molar-refractivity contribution in [3.63, 3.8) is 0 Å². The molecule has 0 saturated carbocycles. The lowest BCUT2D eigenvalue weighted by molar-refractivity contribution is -2.00. The lowest BCUT2D eigenvalue weighted by Crippen LogP contribution is -2.68. The molecule has 1 aromatic carbocycles. The average molecular weight is 327 g/mol. The van der Waals surface area contributed by atoms with Crippen LogP contribution in [0.3, 0.4) is 0 Å². The van der Waals surface area contributed by atoms with E-state index in [4.69, 9.17) is 18.6 Å². The second kappa shape index (κ2) is 7.83. The van der Waals surface area contributed by atoms with E-state index in [0.717, 1.165) is 11.4 Å². The lowest BCUT2D eigenvalue weighted by Gasteiger charge is -2.17. The Hall–Kier alpha value is -2.03. The summed E-state index contributed by atoms with van der Waals surface area (Å²) in [4.78, 5) is 0. The molecule has 0 fully saturated rings. The van der Waals surface area contributed by atoms with Crippen LogP contribution in [0.1, 0.15) is 17.0 Å². The highest BCUT2D eigenvalue weighted by Gasteiger charge is 2.08. The van der Waals surface area contributed by atoms with Crippen molar-refractivity contribution < 1.29 is 38.7 Å². The van der Waals surface area contributed by atoms with Gasteiger partial charge < -0.3 is 5.11 Å². The standard InChI is InChI=1S/C14H14N2O.ClHO4/c1-11-6-5-7-12(2)16(11)15-10-13-8-3-4-9-14(13)17;2-1(3,4)5/h3-10H,1-2H3;(H,2,3,4,5). The second-order valence-corrected chi connectivity index (χ2v) is 5.06. The van der Waals surface area contributed by atoms with Crippen LogP contribution >= 0.6 is 0 Å². The van der Waals surface area contributed by atoms with Crippen molar-refractivity contribution >= 4 is 6.21 Å². The summed E-state index contributed by atoms with van der Waals surface area (Å²) >= 11 is 0. The van der Waals surface area contributed by atoms with Gasteiger partial charge in [-0.25, -0.2) is 18.6 Å². The Labute approximate surface area is 129 Å². The van der Waals surface area contributed by atoms with Gasteiger partial charge in [-0.05, 0) is 23.3 Å². The Kier molecular flexibility index (Phi) is 6.41. The monoisotopic (exact) mass is 326 g/mol. The van der Waals surface area contributed by atoms with Gasteiger partial charge in [0.1, 0.15) is 12.0 Å². The largest absolute Gasteiger partial charge is 0.507 e. The maximum Gasteiger partial charge on any atom is 0.211 e. The lowest BCUT2D eigenvalue weighted by atomic mass is 10.2. The number of hydrogen-bond acceptors (Lipinski definition) is 6. The number of aromatic nitrogens is 1. The molecule has 7 nitrogen and oxygen atoms in total. The van der Waals surface area contributed by atoms with Crippen LogP contribution in [0, 0.1) is 24.1 Å². The van der Waals surface area contributed by atoms with Crippen molar-refractivity contribution in [2.45, 2.75) is 13.8 Å². The molecule has 0 aliphatic heterocycles. The first-order valence-electron chi connectivity index (χ1n) is 6.11. The van der Waals surface area contributed by atoms with Crippen LogP contribution in [0.2, 0.25) is 0 Å². The molecule has 1 aromatic heterocycles. The molecule has 1 N–H and O–H groups in total. The Morgan fingerprint density at radius 2 is 1.45 bits per heavy atom. The third-order valence-corrected chi connectivity index (χ3v) is 2.59. The Morgan fingerprint density at radius 3 is 1.95 bits per heavy atom. The number of halogens is 1. The highest BCUT2D eigenvalue weighted by atomic mass is 35.7. The molecule has 0 amide bonds. The molecule has 2 aromatic rings. The zero-order chi connectivity index (χ0) is 16.8. The van der Waals surface area contributed by atoms with Gasteiger partial charge in [0.2, 0.25) is 11.4 Å². The topological polar surface area (TPSA) is 129 Å². The van der Waals surface area contributed by atoms with Crippen LogP contribution in [-0.2, 0) is 0 Å². The van der Waals surface area contributed by atoms with E-state index in [1.165, 1.54) is 0 Å². The maximum absolute atomic E-state index is 9.63. The molecule has 22 heavy (non-hydrogen) atoms. The number of para-hydroxylation sites is 1. The number of aromatic hydroxyl groups is 1. The zero-order valence-electron chi connectivity index (χ0n) is 12.0. The number of benzene rings is 1. The fraction of sp³-hybridized carbons (Fsp3) is 0.143. The molecule has 0 atom stereocenters. The van der Waals surface area contributed by atoms with E-state index in [0.29, 0.717) is 5.56 Å². The number of rotatable bonds is 2. The molecule has 0 bridgehead atoms. The first-order valence-corrected chi connectivity index (χ1v) is 7.34. The van der Waals surface area contributed by atoms with Crippen LogP contribution in [0.25, 0.3) is 0 Å². The molecule has 0 spiro atoms. The predicted molar refractivity (Wildman–Crippen MR) is 67.2 cm³/mol. The molecular formula is C14H15ClN2O5. The molecule has 118 valence electrons. The Bertz CT molecular complexity index is 630. The van der Waals surface area contributed by atoms with Crippen molar-refractivity contribution in [3.8, 4) is 5.75 Å². The minimum Gasteiger partial charge on any atom is -0.507 e. The number of pyridine rings is 1. The number of nitrogens with zero attached hydrogens (tertiary/aromatic N) is 2. The molecule has 0 aliphatic carbocycles. The van der Waals surface area contributed by atoms with Crippen LogP contribution in [0.15, 0.2) is 47.6 Å². The van der Waals surface area contributed by atoms with E-state index in [9.17, 15) is 5.11 Å². The van der Waals surface area contributed by atoms with Crippen molar-refractivity contribution in [3.05, 3.63) is 59.4 Å². The smallest absolute Gasteiger partial charge is 0.211 e. The average Bonchev–Trinajstić information content (AvgIpc) is 2.38. The van der Waals surface area contributed by atoms with Gasteiger partial charge in [0.25, 0.3) is 0 Å². The molecular weight excluding hydrogens is 312 g/mol. The zero-order valence-corrected chi connectivity index (χ0v) is 12.7. The van der Waals surface area contributed by atoms with Gasteiger partial charge in [-0.2, -0.15) is 0 Å². The van der Waals surface area contributed by atoms with E-state index >= 15 is 0 Å². The summed E-state index contributed by atoms with van der Waals surface area (Å²) in [7, 11) is -4.94. The highest BCUT2D eigenvalue weighted by molar-refractivity contribution is 5.82. The minimum absolute atomic E-state index is 0.239. The van der Waals surface area contributed by atoms with Crippen LogP contribution in [-0.4, -0.2) is 11.3 Å². The second-order valence-electron chi connectivity index (χ2n) is 4.30. The third kappa shape index (κ3) is 6.61. The summed E-state index contributed by atoms with van der Waals surface area (Å²) in [5.41, 5.74) is 2.82. The fourth-order valence-electron chi connectivity index (χ4n) is 1.64. The number of phenols is 1. The van der Waals surface area contributed by atoms with Crippen molar-refractivity contribution in [2.24, 2.45) is 5.10 Å². The summed E-state index contributed by atoms with van der Waals surface area (Å²) in [6.07, 6.45) is 1.66. The van der Waals surface area contributed by atoms with Crippen LogP contribution < -0.4 is 23.3 Å². The summed E-state index contributed by atoms with van der Waals surface area (Å²) in [6.45, 7) is 3.99. The molecule has 1 heterocycles. The third-order valence-electron chi connectivity index (χ3n) is 2.59. The Morgan fingerprint density at radius 1 is 0.955 bits per heavy atom. The summed E-state index contributed by atoms with van der Waals surface area (Å²) in [6, 6.07) is 13.1. The molecule has 0 aliphatic rings. The first-order chi connectivity index (χ1) is 10.2. The molecule has 2 rings (SSSR count). The van der Waals surface area contributed by atoms with E-state index in [2.05, 4.69) is 5.10 Å². The maximum atomic E-state index is 9.63. The predicted octanol–water partition coefficient (Wildman–Crippen LogP) is -2.58. The normalized spacial score (nSPS) is 11.2. The van der Waals surface area contributed by atoms with Crippen LogP contribution in [0.4, 0.5) is 0 Å². The van der Waals surface area contributed by atoms with Gasteiger partial charge in [-0.1, -0.05) is 16.8 Å². The van der Waals surface area contributed by atoms with Gasteiger partial charge in [0.15, 0.2) is 0 Å². The first kappa shape index (κ1) is 18.0. The van der Waals surface area contributed by atoms with Crippen molar-refractivity contribution in [1.82, 2.24) is 0 Å². The van der Waals surface area contributed by atoms with Gasteiger partial charge in [0, 0.05) is 31.5 Å². The van der Waals surface area contributed by atoms with Gasteiger partial charge in [0.05, 0.1) is 0 Å². The molecule has 0 radical (unpaired) electrons. The highest BCUT2D eigenvalue weighted by Crippen LogP contribution is 2.12. The van der Waals surface area contributed by atoms with E-state index < -0.39 is 10.2 Å². The van der Waals surface area contributed by atoms with E-state index in [1.807, 2.05) is 48.9 Å². The number of hydrogen-bond donors (Lipinski definition) is 1. The van der Waals surface area contributed by atoms with Gasteiger partial charge >= 0.3 is 0 Å². The number of aryl methyl sites for hydroxylation is 2. The Balaban J connectivity index is 0.000000422. The number of phenolic OH excluding ortho intramolecular Hbond substituents is 1. The summed E-state index contributed by atoms with van der Waals surface area (Å²) in [5.74, 6) is 0.239. The molecule has 0 unspecified atom stereocenters. The summed E-state index contributed by atoms with van der Waals surface area (Å²) in [5, 5.41) is 14.0. The SMILES string of the molecule is Cc1cccc(C)[n+]1/N=C/c1ccccc1O.[O-][Cl+3]([O-])([O-])[O-]. The molecule has 8 heteroatoms. The molecule has 0 saturated heterocycles. The summed E-state index contributed by atoms with van der Waals surface area (Å²) < 4.78 is 35.8.